The van der Waals surface area contributed by atoms with Gasteiger partial charge in [0.25, 0.3) is 0 Å². The molecule has 90 valence electrons. The predicted molar refractivity (Wildman–Crippen MR) is 74.5 cm³/mol. The maximum absolute atomic E-state index is 5.94. The van der Waals surface area contributed by atoms with E-state index < -0.39 is 0 Å². The van der Waals surface area contributed by atoms with Gasteiger partial charge in [0.2, 0.25) is 0 Å². The van der Waals surface area contributed by atoms with Crippen LogP contribution in [0.25, 0.3) is 5.65 Å². The van der Waals surface area contributed by atoms with Crippen molar-refractivity contribution in [2.45, 2.75) is 5.88 Å². The number of para-hydroxylation sites is 1. The van der Waals surface area contributed by atoms with E-state index in [1.54, 1.807) is 6.20 Å². The minimum atomic E-state index is 0.489. The van der Waals surface area contributed by atoms with E-state index in [2.05, 4.69) is 10.3 Å². The average Bonchev–Trinajstić information content (AvgIpc) is 2.89. The van der Waals surface area contributed by atoms with Crippen molar-refractivity contribution >= 4 is 28.8 Å². The normalized spacial score (nSPS) is 10.7. The summed E-state index contributed by atoms with van der Waals surface area (Å²) < 4.78 is 2.00. The van der Waals surface area contributed by atoms with Crippen LogP contribution >= 0.6 is 11.6 Å². The molecule has 3 aromatic rings. The van der Waals surface area contributed by atoms with Crippen LogP contribution in [0.5, 0.6) is 0 Å². The van der Waals surface area contributed by atoms with Crippen LogP contribution in [0.2, 0.25) is 0 Å². The fraction of sp³-hybridized carbons (Fsp3) is 0.0714. The van der Waals surface area contributed by atoms with E-state index in [4.69, 9.17) is 11.6 Å². The number of hydrogen-bond donors (Lipinski definition) is 1. The lowest BCUT2D eigenvalue weighted by molar-refractivity contribution is 1.18. The molecule has 2 heterocycles. The third kappa shape index (κ3) is 1.93. The quantitative estimate of drug-likeness (QED) is 0.723. The number of nitrogens with one attached hydrogen (secondary N) is 1. The zero-order chi connectivity index (χ0) is 12.4. The van der Waals surface area contributed by atoms with Gasteiger partial charge in [0.05, 0.1) is 0 Å². The van der Waals surface area contributed by atoms with E-state index in [-0.39, 0.29) is 0 Å². The fourth-order valence-electron chi connectivity index (χ4n) is 1.95. The number of hydrogen-bond acceptors (Lipinski definition) is 2. The first-order valence-electron chi connectivity index (χ1n) is 5.71. The lowest BCUT2D eigenvalue weighted by atomic mass is 10.2. The van der Waals surface area contributed by atoms with Crippen molar-refractivity contribution in [2.24, 2.45) is 0 Å². The molecule has 3 rings (SSSR count). The van der Waals surface area contributed by atoms with Gasteiger partial charge in [-0.05, 0) is 23.8 Å². The van der Waals surface area contributed by atoms with Crippen molar-refractivity contribution in [3.05, 3.63) is 60.4 Å². The maximum atomic E-state index is 5.94. The molecule has 0 spiro atoms. The summed E-state index contributed by atoms with van der Waals surface area (Å²) in [4.78, 5) is 4.26. The molecule has 0 amide bonds. The number of fused-ring (bicyclic) bond motifs is 1. The summed E-state index contributed by atoms with van der Waals surface area (Å²) in [5.74, 6) is 1.46. The number of rotatable bonds is 3. The maximum Gasteiger partial charge on any atom is 0.138 e. The van der Waals surface area contributed by atoms with Crippen LogP contribution in [0, 0.1) is 0 Å². The Labute approximate surface area is 110 Å². The van der Waals surface area contributed by atoms with Gasteiger partial charge in [-0.2, -0.15) is 0 Å². The van der Waals surface area contributed by atoms with Crippen LogP contribution in [0.3, 0.4) is 0 Å². The number of imidazole rings is 1. The molecule has 0 aliphatic heterocycles. The van der Waals surface area contributed by atoms with Crippen LogP contribution in [0.15, 0.2) is 54.9 Å². The zero-order valence-corrected chi connectivity index (χ0v) is 10.4. The Morgan fingerprint density at radius 1 is 1.11 bits per heavy atom. The van der Waals surface area contributed by atoms with Gasteiger partial charge in [0.1, 0.15) is 11.5 Å². The minimum Gasteiger partial charge on any atom is -0.341 e. The lowest BCUT2D eigenvalue weighted by Gasteiger charge is -2.11. The molecular weight excluding hydrogens is 246 g/mol. The van der Waals surface area contributed by atoms with Gasteiger partial charge < -0.3 is 5.32 Å². The lowest BCUT2D eigenvalue weighted by Crippen LogP contribution is -1.99. The van der Waals surface area contributed by atoms with Crippen LogP contribution in [0.4, 0.5) is 11.5 Å². The van der Waals surface area contributed by atoms with E-state index in [0.29, 0.717) is 5.88 Å². The largest absolute Gasteiger partial charge is 0.341 e. The summed E-state index contributed by atoms with van der Waals surface area (Å²) in [6, 6.07) is 14.0. The molecule has 0 aliphatic rings. The Balaban J connectivity index is 2.04. The van der Waals surface area contributed by atoms with Crippen molar-refractivity contribution < 1.29 is 0 Å². The molecule has 1 aromatic carbocycles. The van der Waals surface area contributed by atoms with E-state index >= 15 is 0 Å². The zero-order valence-electron chi connectivity index (χ0n) is 9.68. The standard InChI is InChI=1S/C14H12ClN3/c15-10-11-4-1-2-5-12(11)17-14-7-3-6-13-16-8-9-18(13)14/h1-9,17H,10H2. The molecule has 0 radical (unpaired) electrons. The number of alkyl halides is 1. The third-order valence-corrected chi connectivity index (χ3v) is 3.14. The Morgan fingerprint density at radius 2 is 2.00 bits per heavy atom. The van der Waals surface area contributed by atoms with Crippen LogP contribution < -0.4 is 5.32 Å². The van der Waals surface area contributed by atoms with Crippen LogP contribution in [-0.2, 0) is 5.88 Å². The van der Waals surface area contributed by atoms with E-state index in [1.807, 2.05) is 53.1 Å². The predicted octanol–water partition coefficient (Wildman–Crippen LogP) is 3.82. The van der Waals surface area contributed by atoms with Crippen molar-refractivity contribution in [3.8, 4) is 0 Å². The van der Waals surface area contributed by atoms with E-state index in [9.17, 15) is 0 Å². The number of nitrogens with zero attached hydrogens (tertiary/aromatic N) is 2. The highest BCUT2D eigenvalue weighted by Crippen LogP contribution is 2.22. The van der Waals surface area contributed by atoms with E-state index in [0.717, 1.165) is 22.7 Å². The molecule has 1 N–H and O–H groups in total. The second-order valence-corrected chi connectivity index (χ2v) is 4.25. The highest BCUT2D eigenvalue weighted by Gasteiger charge is 2.04. The second-order valence-electron chi connectivity index (χ2n) is 3.98. The van der Waals surface area contributed by atoms with Gasteiger partial charge >= 0.3 is 0 Å². The van der Waals surface area contributed by atoms with Crippen molar-refractivity contribution in [1.29, 1.82) is 0 Å². The van der Waals surface area contributed by atoms with Gasteiger partial charge in [-0.3, -0.25) is 4.40 Å². The average molecular weight is 258 g/mol. The fourth-order valence-corrected chi connectivity index (χ4v) is 2.18. The monoisotopic (exact) mass is 257 g/mol. The summed E-state index contributed by atoms with van der Waals surface area (Å²) in [6.45, 7) is 0. The molecule has 0 saturated carbocycles. The minimum absolute atomic E-state index is 0.489. The second kappa shape index (κ2) is 4.70. The molecule has 0 aliphatic carbocycles. The number of benzene rings is 1. The number of aromatic nitrogens is 2. The molecule has 0 atom stereocenters. The van der Waals surface area contributed by atoms with Crippen molar-refractivity contribution in [2.75, 3.05) is 5.32 Å². The summed E-state index contributed by atoms with van der Waals surface area (Å²) in [6.07, 6.45) is 3.72. The molecule has 0 bridgehead atoms. The third-order valence-electron chi connectivity index (χ3n) is 2.85. The number of halogens is 1. The molecule has 3 nitrogen and oxygen atoms in total. The van der Waals surface area contributed by atoms with Crippen LogP contribution in [0.1, 0.15) is 5.56 Å². The van der Waals surface area contributed by atoms with Gasteiger partial charge in [-0.25, -0.2) is 4.98 Å². The summed E-state index contributed by atoms with van der Waals surface area (Å²) in [7, 11) is 0. The van der Waals surface area contributed by atoms with E-state index in [1.165, 1.54) is 0 Å². The number of anilines is 2. The SMILES string of the molecule is ClCc1ccccc1Nc1cccc2nccn12. The molecule has 18 heavy (non-hydrogen) atoms. The highest BCUT2D eigenvalue weighted by molar-refractivity contribution is 6.17. The van der Waals surface area contributed by atoms with Gasteiger partial charge in [-0.1, -0.05) is 24.3 Å². The Morgan fingerprint density at radius 3 is 2.89 bits per heavy atom. The first-order chi connectivity index (χ1) is 8.88. The highest BCUT2D eigenvalue weighted by atomic mass is 35.5. The van der Waals surface area contributed by atoms with Gasteiger partial charge in [0.15, 0.2) is 0 Å². The topological polar surface area (TPSA) is 29.3 Å². The van der Waals surface area contributed by atoms with Gasteiger partial charge in [0, 0.05) is 24.0 Å². The Bertz CT molecular complexity index is 675. The summed E-state index contributed by atoms with van der Waals surface area (Å²) >= 11 is 5.94. The smallest absolute Gasteiger partial charge is 0.138 e. The Hall–Kier alpha value is -2.00. The van der Waals surface area contributed by atoms with Gasteiger partial charge in [-0.15, -0.1) is 11.6 Å². The molecule has 0 fully saturated rings. The van der Waals surface area contributed by atoms with Crippen molar-refractivity contribution in [3.63, 3.8) is 0 Å². The molecule has 0 unspecified atom stereocenters. The molecular formula is C14H12ClN3. The molecule has 2 aromatic heterocycles. The summed E-state index contributed by atoms with van der Waals surface area (Å²) in [5, 5.41) is 3.39. The van der Waals surface area contributed by atoms with Crippen LogP contribution in [-0.4, -0.2) is 9.38 Å². The summed E-state index contributed by atoms with van der Waals surface area (Å²) in [5.41, 5.74) is 3.02. The van der Waals surface area contributed by atoms with Crippen molar-refractivity contribution in [1.82, 2.24) is 9.38 Å². The Kier molecular flexibility index (Phi) is 2.90. The first-order valence-corrected chi connectivity index (χ1v) is 6.25. The number of pyridine rings is 1. The molecule has 0 saturated heterocycles. The molecule has 4 heteroatoms. The first kappa shape index (κ1) is 11.1.